The number of carbonyl (C=O) groups is 1. The smallest absolute Gasteiger partial charge is 0.253 e. The molecular weight excluding hydrogens is 452 g/mol. The van der Waals surface area contributed by atoms with Gasteiger partial charge in [-0.2, -0.15) is 0 Å². The van der Waals surface area contributed by atoms with Crippen molar-refractivity contribution >= 4 is 26.6 Å². The highest BCUT2D eigenvalue weighted by atomic mass is 32.2. The Morgan fingerprint density at radius 3 is 2.38 bits per heavy atom. The van der Waals surface area contributed by atoms with E-state index in [1.807, 2.05) is 30.3 Å². The number of fused-ring (bicyclic) bond motifs is 1. The molecule has 1 aliphatic rings. The normalized spacial score (nSPS) is 14.9. The molecule has 3 aromatic carbocycles. The highest BCUT2D eigenvalue weighted by molar-refractivity contribution is 7.92. The van der Waals surface area contributed by atoms with Crippen molar-refractivity contribution in [3.05, 3.63) is 78.4 Å². The largest absolute Gasteiger partial charge is 0.497 e. The van der Waals surface area contributed by atoms with Gasteiger partial charge in [0.1, 0.15) is 11.3 Å². The number of benzene rings is 3. The van der Waals surface area contributed by atoms with E-state index < -0.39 is 15.1 Å². The van der Waals surface area contributed by atoms with Gasteiger partial charge in [-0.25, -0.2) is 8.42 Å². The van der Waals surface area contributed by atoms with Crippen LogP contribution in [-0.4, -0.2) is 49.8 Å². The molecule has 1 fully saturated rings. The summed E-state index contributed by atoms with van der Waals surface area (Å²) in [7, 11) is -1.93. The van der Waals surface area contributed by atoms with Crippen LogP contribution in [0.1, 0.15) is 23.2 Å². The van der Waals surface area contributed by atoms with Crippen LogP contribution in [0, 0.1) is 0 Å². The van der Waals surface area contributed by atoms with Crippen LogP contribution in [0.3, 0.4) is 0 Å². The zero-order valence-electron chi connectivity index (χ0n) is 18.7. The fourth-order valence-electron chi connectivity index (χ4n) is 4.38. The third kappa shape index (κ3) is 4.05. The van der Waals surface area contributed by atoms with Gasteiger partial charge in [-0.15, -0.1) is 0 Å². The topological polar surface area (TPSA) is 89.7 Å². The summed E-state index contributed by atoms with van der Waals surface area (Å²) in [6.07, 6.45) is 0.787. The maximum absolute atomic E-state index is 13.2. The van der Waals surface area contributed by atoms with Crippen molar-refractivity contribution in [1.82, 2.24) is 10.1 Å². The van der Waals surface area contributed by atoms with Crippen molar-refractivity contribution in [2.75, 3.05) is 20.2 Å². The molecule has 1 aromatic heterocycles. The minimum Gasteiger partial charge on any atom is -0.497 e. The number of hydrogen-bond acceptors (Lipinski definition) is 6. The lowest BCUT2D eigenvalue weighted by molar-refractivity contribution is 0.0726. The van der Waals surface area contributed by atoms with Crippen LogP contribution in [0.15, 0.2) is 82.2 Å². The fraction of sp³-hybridized carbons (Fsp3) is 0.231. The summed E-state index contributed by atoms with van der Waals surface area (Å²) in [5.41, 5.74) is 2.10. The highest BCUT2D eigenvalue weighted by Gasteiger charge is 2.33. The Morgan fingerprint density at radius 1 is 1.00 bits per heavy atom. The molecule has 0 atom stereocenters. The maximum Gasteiger partial charge on any atom is 0.253 e. The number of aromatic nitrogens is 1. The van der Waals surface area contributed by atoms with Gasteiger partial charge < -0.3 is 14.2 Å². The second-order valence-corrected chi connectivity index (χ2v) is 10.5. The standard InChI is InChI=1S/C26H24N2O5S/c1-32-20-8-10-21(11-9-20)34(30,31)22-13-15-28(16-14-22)26(29)19-7-12-24-23(17-19)25(33-27-24)18-5-3-2-4-6-18/h2-12,17,22H,13-16H2,1H3. The number of hydrogen-bond donors (Lipinski definition) is 0. The number of piperidine rings is 1. The first-order chi connectivity index (χ1) is 16.5. The van der Waals surface area contributed by atoms with Gasteiger partial charge in [0.25, 0.3) is 5.91 Å². The molecule has 0 unspecified atom stereocenters. The van der Waals surface area contributed by atoms with E-state index in [1.54, 1.807) is 54.5 Å². The first kappa shape index (κ1) is 22.2. The van der Waals surface area contributed by atoms with Crippen LogP contribution in [0.4, 0.5) is 0 Å². The van der Waals surface area contributed by atoms with Crippen LogP contribution < -0.4 is 4.74 Å². The molecule has 0 saturated carbocycles. The second kappa shape index (κ2) is 8.95. The van der Waals surface area contributed by atoms with Crippen molar-refractivity contribution < 1.29 is 22.5 Å². The van der Waals surface area contributed by atoms with E-state index in [4.69, 9.17) is 9.26 Å². The van der Waals surface area contributed by atoms with Crippen molar-refractivity contribution in [2.24, 2.45) is 0 Å². The SMILES string of the molecule is COc1ccc(S(=O)(=O)C2CCN(C(=O)c3ccc4noc(-c5ccccc5)c4c3)CC2)cc1. The lowest BCUT2D eigenvalue weighted by Crippen LogP contribution is -2.42. The molecule has 0 spiro atoms. The summed E-state index contributed by atoms with van der Waals surface area (Å²) in [6, 6.07) is 21.4. The van der Waals surface area contributed by atoms with Gasteiger partial charge in [-0.05, 0) is 55.3 Å². The van der Waals surface area contributed by atoms with E-state index in [0.717, 1.165) is 10.9 Å². The van der Waals surface area contributed by atoms with Gasteiger partial charge in [0.05, 0.1) is 22.6 Å². The summed E-state index contributed by atoms with van der Waals surface area (Å²) < 4.78 is 36.8. The predicted octanol–water partition coefficient (Wildman–Crippen LogP) is 4.58. The number of amides is 1. The monoisotopic (exact) mass is 476 g/mol. The van der Waals surface area contributed by atoms with Gasteiger partial charge >= 0.3 is 0 Å². The molecular formula is C26H24N2O5S. The Labute approximate surface area is 197 Å². The minimum absolute atomic E-state index is 0.123. The zero-order valence-corrected chi connectivity index (χ0v) is 19.5. The van der Waals surface area contributed by atoms with Crippen molar-refractivity contribution in [3.63, 3.8) is 0 Å². The molecule has 34 heavy (non-hydrogen) atoms. The molecule has 1 saturated heterocycles. The van der Waals surface area contributed by atoms with E-state index in [0.29, 0.717) is 48.5 Å². The number of nitrogens with zero attached hydrogens (tertiary/aromatic N) is 2. The molecule has 1 amide bonds. The molecule has 1 aliphatic heterocycles. The van der Waals surface area contributed by atoms with Crippen LogP contribution in [-0.2, 0) is 9.84 Å². The number of rotatable bonds is 5. The summed E-state index contributed by atoms with van der Waals surface area (Å²) in [4.78, 5) is 15.2. The van der Waals surface area contributed by atoms with Crippen LogP contribution >= 0.6 is 0 Å². The third-order valence-electron chi connectivity index (χ3n) is 6.32. The molecule has 0 N–H and O–H groups in total. The van der Waals surface area contributed by atoms with E-state index in [9.17, 15) is 13.2 Å². The Balaban J connectivity index is 1.32. The molecule has 2 heterocycles. The van der Waals surface area contributed by atoms with Gasteiger partial charge in [-0.3, -0.25) is 4.79 Å². The average molecular weight is 477 g/mol. The van der Waals surface area contributed by atoms with Crippen LogP contribution in [0.5, 0.6) is 5.75 Å². The Morgan fingerprint density at radius 2 is 1.71 bits per heavy atom. The van der Waals surface area contributed by atoms with Crippen molar-refractivity contribution in [1.29, 1.82) is 0 Å². The van der Waals surface area contributed by atoms with Crippen molar-refractivity contribution in [2.45, 2.75) is 23.0 Å². The molecule has 0 radical (unpaired) electrons. The average Bonchev–Trinajstić information content (AvgIpc) is 3.32. The molecule has 5 rings (SSSR count). The van der Waals surface area contributed by atoms with Gasteiger partial charge in [0, 0.05) is 24.2 Å². The molecule has 7 nitrogen and oxygen atoms in total. The number of methoxy groups -OCH3 is 1. The predicted molar refractivity (Wildman–Crippen MR) is 129 cm³/mol. The van der Waals surface area contributed by atoms with E-state index in [2.05, 4.69) is 5.16 Å². The molecule has 0 aliphatic carbocycles. The second-order valence-electron chi connectivity index (χ2n) is 8.32. The van der Waals surface area contributed by atoms with Crippen LogP contribution in [0.25, 0.3) is 22.2 Å². The number of carbonyl (C=O) groups excluding carboxylic acids is 1. The summed E-state index contributed by atoms with van der Waals surface area (Å²) in [5.74, 6) is 1.11. The van der Waals surface area contributed by atoms with E-state index in [1.165, 1.54) is 0 Å². The Bertz CT molecular complexity index is 1420. The number of sulfone groups is 1. The summed E-state index contributed by atoms with van der Waals surface area (Å²) in [6.45, 7) is 0.762. The van der Waals surface area contributed by atoms with E-state index in [-0.39, 0.29) is 10.8 Å². The zero-order chi connectivity index (χ0) is 23.7. The Kier molecular flexibility index (Phi) is 5.83. The molecule has 0 bridgehead atoms. The third-order valence-corrected chi connectivity index (χ3v) is 8.59. The molecule has 8 heteroatoms. The van der Waals surface area contributed by atoms with Gasteiger partial charge in [0.15, 0.2) is 15.6 Å². The molecule has 4 aromatic rings. The van der Waals surface area contributed by atoms with Gasteiger partial charge in [0.2, 0.25) is 0 Å². The van der Waals surface area contributed by atoms with Crippen LogP contribution in [0.2, 0.25) is 0 Å². The minimum atomic E-state index is -3.47. The maximum atomic E-state index is 13.2. The summed E-state index contributed by atoms with van der Waals surface area (Å²) in [5, 5.41) is 4.36. The van der Waals surface area contributed by atoms with Crippen molar-refractivity contribution in [3.8, 4) is 17.1 Å². The lowest BCUT2D eigenvalue weighted by Gasteiger charge is -2.31. The molecule has 174 valence electrons. The first-order valence-electron chi connectivity index (χ1n) is 11.1. The lowest BCUT2D eigenvalue weighted by atomic mass is 10.0. The number of ether oxygens (including phenoxy) is 1. The highest BCUT2D eigenvalue weighted by Crippen LogP contribution is 2.31. The Hall–Kier alpha value is -3.65. The number of likely N-dealkylation sites (tertiary alicyclic amines) is 1. The fourth-order valence-corrected chi connectivity index (χ4v) is 6.11. The van der Waals surface area contributed by atoms with Gasteiger partial charge in [-0.1, -0.05) is 35.5 Å². The first-order valence-corrected chi connectivity index (χ1v) is 12.6. The quantitative estimate of drug-likeness (QED) is 0.419. The summed E-state index contributed by atoms with van der Waals surface area (Å²) >= 11 is 0. The van der Waals surface area contributed by atoms with E-state index >= 15 is 0 Å².